The molecule has 0 amide bonds. The van der Waals surface area contributed by atoms with Crippen molar-refractivity contribution in [1.29, 1.82) is 0 Å². The summed E-state index contributed by atoms with van der Waals surface area (Å²) < 4.78 is 38.6. The van der Waals surface area contributed by atoms with Crippen LogP contribution in [0.3, 0.4) is 0 Å². The van der Waals surface area contributed by atoms with Gasteiger partial charge in [-0.3, -0.25) is 0 Å². The molecule has 1 saturated heterocycles. The number of methoxy groups -OCH3 is 2. The molecule has 0 bridgehead atoms. The van der Waals surface area contributed by atoms with Gasteiger partial charge in [-0.15, -0.1) is 0 Å². The second-order valence-corrected chi connectivity index (χ2v) is 8.32. The fourth-order valence-corrected chi connectivity index (χ4v) is 5.22. The van der Waals surface area contributed by atoms with Crippen molar-refractivity contribution in [3.63, 3.8) is 0 Å². The zero-order valence-electron chi connectivity index (χ0n) is 15.2. The summed E-state index contributed by atoms with van der Waals surface area (Å²) in [5.41, 5.74) is 1.74. The Morgan fingerprint density at radius 3 is 2.63 bits per heavy atom. The third-order valence-electron chi connectivity index (χ3n) is 4.89. The number of nitrogens with zero attached hydrogens (tertiary/aromatic N) is 2. The van der Waals surface area contributed by atoms with Crippen LogP contribution in [0, 0.1) is 0 Å². The SMILES string of the molecule is COc1ccc(S(=O)(=O)N2CCC[C@H]2c2nc3ccccc3[nH]2)cc1OC. The minimum Gasteiger partial charge on any atom is -0.493 e. The van der Waals surface area contributed by atoms with Crippen molar-refractivity contribution in [2.45, 2.75) is 23.8 Å². The average molecular weight is 387 g/mol. The van der Waals surface area contributed by atoms with E-state index in [0.717, 1.165) is 23.9 Å². The van der Waals surface area contributed by atoms with Crippen molar-refractivity contribution in [1.82, 2.24) is 14.3 Å². The molecule has 0 spiro atoms. The first-order chi connectivity index (χ1) is 13.0. The van der Waals surface area contributed by atoms with Crippen molar-refractivity contribution in [2.24, 2.45) is 0 Å². The Kier molecular flexibility index (Phi) is 4.53. The quantitative estimate of drug-likeness (QED) is 0.727. The van der Waals surface area contributed by atoms with Crippen LogP contribution in [0.4, 0.5) is 0 Å². The summed E-state index contributed by atoms with van der Waals surface area (Å²) in [6.45, 7) is 0.457. The van der Waals surface area contributed by atoms with E-state index in [1.165, 1.54) is 24.6 Å². The first-order valence-corrected chi connectivity index (χ1v) is 10.2. The standard InChI is InChI=1S/C19H21N3O4S/c1-25-17-10-9-13(12-18(17)26-2)27(23,24)22-11-5-8-16(22)19-20-14-6-3-4-7-15(14)21-19/h3-4,6-7,9-10,12,16H,5,8,11H2,1-2H3,(H,20,21)/t16-/m0/s1. The van der Waals surface area contributed by atoms with Gasteiger partial charge in [0.25, 0.3) is 0 Å². The third kappa shape index (κ3) is 3.04. The molecular formula is C19H21N3O4S. The van der Waals surface area contributed by atoms with Gasteiger partial charge in [0.1, 0.15) is 5.82 Å². The Bertz CT molecular complexity index is 1040. The number of sulfonamides is 1. The number of aromatic amines is 1. The molecule has 7 nitrogen and oxygen atoms in total. The maximum atomic E-state index is 13.3. The predicted octanol–water partition coefficient (Wildman–Crippen LogP) is 3.11. The lowest BCUT2D eigenvalue weighted by Crippen LogP contribution is -2.31. The molecule has 1 aliphatic rings. The molecule has 0 aliphatic carbocycles. The monoisotopic (exact) mass is 387 g/mol. The number of hydrogen-bond donors (Lipinski definition) is 1. The third-order valence-corrected chi connectivity index (χ3v) is 6.79. The molecule has 142 valence electrons. The van der Waals surface area contributed by atoms with Gasteiger partial charge in [-0.25, -0.2) is 13.4 Å². The highest BCUT2D eigenvalue weighted by Crippen LogP contribution is 2.38. The predicted molar refractivity (Wildman–Crippen MR) is 102 cm³/mol. The Balaban J connectivity index is 1.72. The summed E-state index contributed by atoms with van der Waals surface area (Å²) in [6.07, 6.45) is 1.51. The zero-order chi connectivity index (χ0) is 19.0. The number of ether oxygens (including phenoxy) is 2. The zero-order valence-corrected chi connectivity index (χ0v) is 16.0. The van der Waals surface area contributed by atoms with E-state index in [-0.39, 0.29) is 10.9 Å². The number of benzene rings is 2. The van der Waals surface area contributed by atoms with Crippen molar-refractivity contribution >= 4 is 21.1 Å². The van der Waals surface area contributed by atoms with E-state index >= 15 is 0 Å². The van der Waals surface area contributed by atoms with Crippen LogP contribution in [-0.4, -0.2) is 43.5 Å². The lowest BCUT2D eigenvalue weighted by molar-refractivity contribution is 0.353. The van der Waals surface area contributed by atoms with Gasteiger partial charge in [-0.1, -0.05) is 12.1 Å². The smallest absolute Gasteiger partial charge is 0.243 e. The van der Waals surface area contributed by atoms with Gasteiger partial charge < -0.3 is 14.5 Å². The molecule has 27 heavy (non-hydrogen) atoms. The summed E-state index contributed by atoms with van der Waals surface area (Å²) in [4.78, 5) is 8.06. The fraction of sp³-hybridized carbons (Fsp3) is 0.316. The van der Waals surface area contributed by atoms with Gasteiger partial charge in [-0.2, -0.15) is 4.31 Å². The lowest BCUT2D eigenvalue weighted by Gasteiger charge is -2.23. The molecule has 0 radical (unpaired) electrons. The molecule has 8 heteroatoms. The Hall–Kier alpha value is -2.58. The number of aromatic nitrogens is 2. The number of hydrogen-bond acceptors (Lipinski definition) is 5. The summed E-state index contributed by atoms with van der Waals surface area (Å²) in [6, 6.07) is 12.0. The lowest BCUT2D eigenvalue weighted by atomic mass is 10.2. The van der Waals surface area contributed by atoms with E-state index in [2.05, 4.69) is 9.97 Å². The number of nitrogens with one attached hydrogen (secondary N) is 1. The number of imidazole rings is 1. The number of rotatable bonds is 5. The van der Waals surface area contributed by atoms with Gasteiger partial charge in [0, 0.05) is 12.6 Å². The number of para-hydroxylation sites is 2. The van der Waals surface area contributed by atoms with Crippen molar-refractivity contribution in [2.75, 3.05) is 20.8 Å². The molecule has 1 atom stereocenters. The second kappa shape index (κ2) is 6.86. The van der Waals surface area contributed by atoms with Gasteiger partial charge in [-0.05, 0) is 37.1 Å². The van der Waals surface area contributed by atoms with Crippen LogP contribution >= 0.6 is 0 Å². The molecular weight excluding hydrogens is 366 g/mol. The Morgan fingerprint density at radius 2 is 1.89 bits per heavy atom. The minimum atomic E-state index is -3.69. The Labute approximate surface area is 158 Å². The van der Waals surface area contributed by atoms with E-state index in [4.69, 9.17) is 9.47 Å². The fourth-order valence-electron chi connectivity index (χ4n) is 3.54. The molecule has 0 unspecified atom stereocenters. The van der Waals surface area contributed by atoms with Crippen LogP contribution in [0.15, 0.2) is 47.4 Å². The highest BCUT2D eigenvalue weighted by molar-refractivity contribution is 7.89. The summed E-state index contributed by atoms with van der Waals surface area (Å²) in [7, 11) is -0.688. The molecule has 2 heterocycles. The molecule has 1 N–H and O–H groups in total. The molecule has 3 aromatic rings. The van der Waals surface area contributed by atoms with Crippen molar-refractivity contribution in [3.8, 4) is 11.5 Å². The van der Waals surface area contributed by atoms with Crippen LogP contribution in [0.1, 0.15) is 24.7 Å². The van der Waals surface area contributed by atoms with Crippen molar-refractivity contribution < 1.29 is 17.9 Å². The summed E-state index contributed by atoms with van der Waals surface area (Å²) >= 11 is 0. The minimum absolute atomic E-state index is 0.183. The van der Waals surface area contributed by atoms with E-state index < -0.39 is 10.0 Å². The van der Waals surface area contributed by atoms with Crippen LogP contribution in [0.25, 0.3) is 11.0 Å². The van der Waals surface area contributed by atoms with Gasteiger partial charge in [0.15, 0.2) is 11.5 Å². The molecule has 1 aromatic heterocycles. The van der Waals surface area contributed by atoms with E-state index in [1.807, 2.05) is 24.3 Å². The molecule has 1 aliphatic heterocycles. The Morgan fingerprint density at radius 1 is 1.11 bits per heavy atom. The van der Waals surface area contributed by atoms with Crippen LogP contribution in [-0.2, 0) is 10.0 Å². The maximum Gasteiger partial charge on any atom is 0.243 e. The number of fused-ring (bicyclic) bond motifs is 1. The highest BCUT2D eigenvalue weighted by Gasteiger charge is 2.38. The molecule has 1 fully saturated rings. The summed E-state index contributed by atoms with van der Waals surface area (Å²) in [5.74, 6) is 1.56. The van der Waals surface area contributed by atoms with Gasteiger partial charge in [0.2, 0.25) is 10.0 Å². The second-order valence-electron chi connectivity index (χ2n) is 6.43. The first kappa shape index (κ1) is 17.8. The largest absolute Gasteiger partial charge is 0.493 e. The van der Waals surface area contributed by atoms with Gasteiger partial charge >= 0.3 is 0 Å². The maximum absolute atomic E-state index is 13.3. The van der Waals surface area contributed by atoms with E-state index in [0.29, 0.717) is 23.9 Å². The average Bonchev–Trinajstić information content (AvgIpc) is 3.34. The topological polar surface area (TPSA) is 84.5 Å². The molecule has 4 rings (SSSR count). The normalized spacial score (nSPS) is 18.1. The van der Waals surface area contributed by atoms with Crippen LogP contribution in [0.2, 0.25) is 0 Å². The first-order valence-electron chi connectivity index (χ1n) is 8.73. The van der Waals surface area contributed by atoms with Crippen molar-refractivity contribution in [3.05, 3.63) is 48.3 Å². The number of H-pyrrole nitrogens is 1. The highest BCUT2D eigenvalue weighted by atomic mass is 32.2. The van der Waals surface area contributed by atoms with E-state index in [1.54, 1.807) is 12.1 Å². The van der Waals surface area contributed by atoms with Crippen LogP contribution in [0.5, 0.6) is 11.5 Å². The summed E-state index contributed by atoms with van der Waals surface area (Å²) in [5, 5.41) is 0. The molecule has 0 saturated carbocycles. The van der Waals surface area contributed by atoms with Gasteiger partial charge in [0.05, 0.1) is 36.2 Å². The molecule has 2 aromatic carbocycles. The van der Waals surface area contributed by atoms with E-state index in [9.17, 15) is 8.42 Å². The van der Waals surface area contributed by atoms with Crippen LogP contribution < -0.4 is 9.47 Å².